The van der Waals surface area contributed by atoms with Crippen LogP contribution in [0.3, 0.4) is 0 Å². The van der Waals surface area contributed by atoms with E-state index in [1.165, 1.54) is 4.90 Å². The smallest absolute Gasteiger partial charge is 0.307 e. The fourth-order valence-corrected chi connectivity index (χ4v) is 2.37. The van der Waals surface area contributed by atoms with E-state index in [4.69, 9.17) is 4.74 Å². The van der Waals surface area contributed by atoms with Gasteiger partial charge in [-0.15, -0.1) is 0 Å². The second kappa shape index (κ2) is 7.84. The lowest BCUT2D eigenvalue weighted by molar-refractivity contribution is -0.143. The molecule has 0 aliphatic rings. The van der Waals surface area contributed by atoms with Crippen molar-refractivity contribution in [3.8, 4) is 0 Å². The van der Waals surface area contributed by atoms with Gasteiger partial charge >= 0.3 is 5.97 Å². The van der Waals surface area contributed by atoms with Gasteiger partial charge in [0.05, 0.1) is 18.6 Å². The first-order chi connectivity index (χ1) is 8.95. The first-order valence-electron chi connectivity index (χ1n) is 5.81. The van der Waals surface area contributed by atoms with Gasteiger partial charge in [0.2, 0.25) is 0 Å². The molecule has 104 valence electrons. The molecule has 4 nitrogen and oxygen atoms in total. The Morgan fingerprint density at radius 2 is 2.11 bits per heavy atom. The number of carbonyl (C=O) groups is 2. The first-order valence-corrected chi connectivity index (χ1v) is 7.69. The third kappa shape index (κ3) is 5.10. The second-order valence-corrected chi connectivity index (χ2v) is 6.01. The summed E-state index contributed by atoms with van der Waals surface area (Å²) < 4.78 is 6.57. The summed E-state index contributed by atoms with van der Waals surface area (Å²) in [6.45, 7) is 2.46. The molecule has 0 saturated heterocycles. The van der Waals surface area contributed by atoms with Gasteiger partial charge in [0, 0.05) is 21.6 Å². The summed E-state index contributed by atoms with van der Waals surface area (Å²) in [5, 5.41) is 0. The standard InChI is InChI=1S/C13H15BrINO3/c1-3-19-12(17)6-7-16(2)13(18)10-8-9(15)4-5-11(10)14/h4-5,8H,3,6-7H2,1-2H3. The van der Waals surface area contributed by atoms with Crippen molar-refractivity contribution in [2.24, 2.45) is 0 Å². The fraction of sp³-hybridized carbons (Fsp3) is 0.385. The number of ether oxygens (including phenoxy) is 1. The monoisotopic (exact) mass is 439 g/mol. The summed E-state index contributed by atoms with van der Waals surface area (Å²) in [5.41, 5.74) is 0.596. The Balaban J connectivity index is 2.66. The highest BCUT2D eigenvalue weighted by atomic mass is 127. The molecule has 0 spiro atoms. The second-order valence-electron chi connectivity index (χ2n) is 3.91. The van der Waals surface area contributed by atoms with Crippen LogP contribution in [0.25, 0.3) is 0 Å². The fourth-order valence-electron chi connectivity index (χ4n) is 1.46. The molecule has 0 heterocycles. The van der Waals surface area contributed by atoms with Crippen LogP contribution >= 0.6 is 38.5 Å². The largest absolute Gasteiger partial charge is 0.466 e. The lowest BCUT2D eigenvalue weighted by Crippen LogP contribution is -2.29. The normalized spacial score (nSPS) is 10.1. The van der Waals surface area contributed by atoms with Crippen molar-refractivity contribution in [3.63, 3.8) is 0 Å². The summed E-state index contributed by atoms with van der Waals surface area (Å²) >= 11 is 5.52. The molecule has 1 amide bonds. The van der Waals surface area contributed by atoms with Crippen LogP contribution in [-0.4, -0.2) is 37.0 Å². The highest BCUT2D eigenvalue weighted by Crippen LogP contribution is 2.20. The third-order valence-electron chi connectivity index (χ3n) is 2.46. The number of hydrogen-bond donors (Lipinski definition) is 0. The SMILES string of the molecule is CCOC(=O)CCN(C)C(=O)c1cc(I)ccc1Br. The molecule has 0 saturated carbocycles. The van der Waals surface area contributed by atoms with Crippen LogP contribution in [0, 0.1) is 3.57 Å². The molecule has 0 atom stereocenters. The Hall–Kier alpha value is -0.630. The molecule has 0 N–H and O–H groups in total. The van der Waals surface area contributed by atoms with Crippen LogP contribution in [0.5, 0.6) is 0 Å². The number of rotatable bonds is 5. The van der Waals surface area contributed by atoms with E-state index in [-0.39, 0.29) is 18.3 Å². The van der Waals surface area contributed by atoms with Crippen molar-refractivity contribution in [1.82, 2.24) is 4.90 Å². The highest BCUT2D eigenvalue weighted by molar-refractivity contribution is 14.1. The Morgan fingerprint density at radius 3 is 2.74 bits per heavy atom. The van der Waals surface area contributed by atoms with Crippen molar-refractivity contribution in [2.75, 3.05) is 20.2 Å². The van der Waals surface area contributed by atoms with Gasteiger partial charge < -0.3 is 9.64 Å². The van der Waals surface area contributed by atoms with Crippen LogP contribution < -0.4 is 0 Å². The molecule has 0 radical (unpaired) electrons. The van der Waals surface area contributed by atoms with Crippen LogP contribution in [0.2, 0.25) is 0 Å². The predicted octanol–water partition coefficient (Wildman–Crippen LogP) is 3.08. The summed E-state index contributed by atoms with van der Waals surface area (Å²) in [6, 6.07) is 5.57. The van der Waals surface area contributed by atoms with Crippen LogP contribution in [0.1, 0.15) is 23.7 Å². The lowest BCUT2D eigenvalue weighted by atomic mass is 10.2. The summed E-state index contributed by atoms with van der Waals surface area (Å²) in [6.07, 6.45) is 0.206. The maximum atomic E-state index is 12.2. The van der Waals surface area contributed by atoms with E-state index < -0.39 is 0 Å². The molecular weight excluding hydrogens is 425 g/mol. The van der Waals surface area contributed by atoms with Crippen molar-refractivity contribution >= 4 is 50.4 Å². The third-order valence-corrected chi connectivity index (χ3v) is 3.82. The van der Waals surface area contributed by atoms with Gasteiger partial charge in [-0.05, 0) is 63.6 Å². The molecule has 0 unspecified atom stereocenters. The average Bonchev–Trinajstić information content (AvgIpc) is 2.38. The number of amides is 1. The van der Waals surface area contributed by atoms with Gasteiger partial charge in [-0.25, -0.2) is 0 Å². The zero-order valence-electron chi connectivity index (χ0n) is 10.8. The van der Waals surface area contributed by atoms with Crippen molar-refractivity contribution in [1.29, 1.82) is 0 Å². The molecule has 0 aliphatic heterocycles. The van der Waals surface area contributed by atoms with Crippen LogP contribution in [0.15, 0.2) is 22.7 Å². The highest BCUT2D eigenvalue weighted by Gasteiger charge is 2.16. The van der Waals surface area contributed by atoms with Crippen molar-refractivity contribution in [3.05, 3.63) is 31.8 Å². The quantitative estimate of drug-likeness (QED) is 0.523. The van der Waals surface area contributed by atoms with E-state index in [1.807, 2.05) is 18.2 Å². The maximum absolute atomic E-state index is 12.2. The van der Waals surface area contributed by atoms with Crippen LogP contribution in [-0.2, 0) is 9.53 Å². The van der Waals surface area contributed by atoms with Gasteiger partial charge in [-0.1, -0.05) is 0 Å². The van der Waals surface area contributed by atoms with E-state index >= 15 is 0 Å². The van der Waals surface area contributed by atoms with Gasteiger partial charge in [0.15, 0.2) is 0 Å². The molecule has 19 heavy (non-hydrogen) atoms. The molecule has 0 aromatic heterocycles. The summed E-state index contributed by atoms with van der Waals surface area (Å²) in [4.78, 5) is 25.0. The summed E-state index contributed by atoms with van der Waals surface area (Å²) in [5.74, 6) is -0.404. The zero-order chi connectivity index (χ0) is 14.4. The molecule has 6 heteroatoms. The minimum Gasteiger partial charge on any atom is -0.466 e. The number of nitrogens with zero attached hydrogens (tertiary/aromatic N) is 1. The van der Waals surface area contributed by atoms with E-state index in [2.05, 4.69) is 38.5 Å². The number of esters is 1. The molecule has 1 aromatic carbocycles. The van der Waals surface area contributed by atoms with Crippen molar-refractivity contribution < 1.29 is 14.3 Å². The topological polar surface area (TPSA) is 46.6 Å². The lowest BCUT2D eigenvalue weighted by Gasteiger charge is -2.17. The maximum Gasteiger partial charge on any atom is 0.307 e. The van der Waals surface area contributed by atoms with Gasteiger partial charge in [-0.3, -0.25) is 9.59 Å². The number of hydrogen-bond acceptors (Lipinski definition) is 3. The van der Waals surface area contributed by atoms with E-state index in [1.54, 1.807) is 14.0 Å². The Labute approximate surface area is 134 Å². The Bertz CT molecular complexity index is 479. The van der Waals surface area contributed by atoms with E-state index in [0.717, 1.165) is 8.04 Å². The molecule has 1 aromatic rings. The number of halogens is 2. The van der Waals surface area contributed by atoms with E-state index in [9.17, 15) is 9.59 Å². The van der Waals surface area contributed by atoms with Crippen LogP contribution in [0.4, 0.5) is 0 Å². The molecule has 1 rings (SSSR count). The minimum atomic E-state index is -0.288. The molecular formula is C13H15BrINO3. The minimum absolute atomic E-state index is 0.116. The average molecular weight is 440 g/mol. The van der Waals surface area contributed by atoms with Gasteiger partial charge in [0.1, 0.15) is 0 Å². The number of carbonyl (C=O) groups excluding carboxylic acids is 2. The Kier molecular flexibility index (Phi) is 6.78. The summed E-state index contributed by atoms with van der Waals surface area (Å²) in [7, 11) is 1.67. The van der Waals surface area contributed by atoms with E-state index in [0.29, 0.717) is 18.7 Å². The molecule has 0 fully saturated rings. The van der Waals surface area contributed by atoms with Gasteiger partial charge in [-0.2, -0.15) is 0 Å². The zero-order valence-corrected chi connectivity index (χ0v) is 14.5. The van der Waals surface area contributed by atoms with Gasteiger partial charge in [0.25, 0.3) is 5.91 Å². The predicted molar refractivity (Wildman–Crippen MR) is 85.1 cm³/mol. The Morgan fingerprint density at radius 1 is 1.42 bits per heavy atom. The molecule has 0 aliphatic carbocycles. The van der Waals surface area contributed by atoms with Crippen molar-refractivity contribution in [2.45, 2.75) is 13.3 Å². The first kappa shape index (κ1) is 16.4. The number of benzene rings is 1. The molecule has 0 bridgehead atoms.